The predicted octanol–water partition coefficient (Wildman–Crippen LogP) is 1.81. The molecule has 13 heteroatoms. The summed E-state index contributed by atoms with van der Waals surface area (Å²) in [7, 11) is 0. The van der Waals surface area contributed by atoms with Crippen molar-refractivity contribution in [3.63, 3.8) is 0 Å². The Hall–Kier alpha value is -2.99. The van der Waals surface area contributed by atoms with Crippen LogP contribution in [0.3, 0.4) is 0 Å². The van der Waals surface area contributed by atoms with Crippen LogP contribution in [0.2, 0.25) is 5.02 Å². The van der Waals surface area contributed by atoms with Crippen LogP contribution in [0.1, 0.15) is 12.8 Å². The van der Waals surface area contributed by atoms with Gasteiger partial charge in [0.2, 0.25) is 11.8 Å². The van der Waals surface area contributed by atoms with E-state index in [4.69, 9.17) is 25.5 Å². The fourth-order valence-electron chi connectivity index (χ4n) is 2.84. The number of amides is 3. The van der Waals surface area contributed by atoms with E-state index in [9.17, 15) is 14.4 Å². The minimum atomic E-state index is -0.360. The summed E-state index contributed by atoms with van der Waals surface area (Å²) in [6, 6.07) is 6.67. The number of piperazine rings is 1. The zero-order valence-electron chi connectivity index (χ0n) is 18.0. The van der Waals surface area contributed by atoms with Crippen molar-refractivity contribution in [2.45, 2.75) is 18.7 Å². The fraction of sp³-hybridized carbons (Fsp3) is 0.450. The van der Waals surface area contributed by atoms with Crippen LogP contribution in [0.5, 0.6) is 5.75 Å². The monoisotopic (exact) mass is 497 g/mol. The van der Waals surface area contributed by atoms with E-state index in [-0.39, 0.29) is 47.9 Å². The van der Waals surface area contributed by atoms with Crippen molar-refractivity contribution >= 4 is 41.3 Å². The SMILES string of the molecule is CCOC(=O)N1CCN(C(=O)CSc2nnc(CNC(=O)COc3ccc(Cl)cc3)o2)CC1. The molecule has 1 aromatic heterocycles. The molecule has 0 spiro atoms. The first-order chi connectivity index (χ1) is 15.9. The van der Waals surface area contributed by atoms with Crippen molar-refractivity contribution in [2.75, 3.05) is 45.1 Å². The van der Waals surface area contributed by atoms with Crippen molar-refractivity contribution < 1.29 is 28.3 Å². The summed E-state index contributed by atoms with van der Waals surface area (Å²) in [6.07, 6.45) is -0.360. The van der Waals surface area contributed by atoms with Gasteiger partial charge in [0.25, 0.3) is 11.1 Å². The van der Waals surface area contributed by atoms with Crippen molar-refractivity contribution in [3.8, 4) is 5.75 Å². The van der Waals surface area contributed by atoms with E-state index >= 15 is 0 Å². The zero-order chi connectivity index (χ0) is 23.6. The van der Waals surface area contributed by atoms with E-state index in [1.807, 2.05) is 0 Å². The Kier molecular flexibility index (Phi) is 9.19. The molecule has 0 atom stereocenters. The van der Waals surface area contributed by atoms with Gasteiger partial charge in [-0.3, -0.25) is 9.59 Å². The first-order valence-corrected chi connectivity index (χ1v) is 11.6. The van der Waals surface area contributed by atoms with Gasteiger partial charge in [-0.15, -0.1) is 10.2 Å². The third-order valence-corrected chi connectivity index (χ3v) is 5.60. The zero-order valence-corrected chi connectivity index (χ0v) is 19.6. The molecule has 1 aliphatic heterocycles. The van der Waals surface area contributed by atoms with Gasteiger partial charge in [0.15, 0.2) is 6.61 Å². The highest BCUT2D eigenvalue weighted by Crippen LogP contribution is 2.18. The summed E-state index contributed by atoms with van der Waals surface area (Å²) in [5.41, 5.74) is 0. The number of carbonyl (C=O) groups excluding carboxylic acids is 3. The van der Waals surface area contributed by atoms with Gasteiger partial charge in [0.05, 0.1) is 18.9 Å². The molecule has 0 unspecified atom stereocenters. The number of nitrogens with one attached hydrogen (secondary N) is 1. The standard InChI is InChI=1S/C20H24ClN5O6S/c1-2-30-20(29)26-9-7-25(8-10-26)18(28)13-33-19-24-23-17(32-19)11-22-16(27)12-31-15-5-3-14(21)4-6-15/h3-6H,2,7-13H2,1H3,(H,22,27). The first-order valence-electron chi connectivity index (χ1n) is 10.2. The van der Waals surface area contributed by atoms with Gasteiger partial charge in [-0.1, -0.05) is 23.4 Å². The second kappa shape index (κ2) is 12.3. The number of hydrogen-bond donors (Lipinski definition) is 1. The van der Waals surface area contributed by atoms with Crippen LogP contribution in [0.15, 0.2) is 33.9 Å². The number of carbonyl (C=O) groups is 3. The summed E-state index contributed by atoms with van der Waals surface area (Å²) >= 11 is 6.92. The topological polar surface area (TPSA) is 127 Å². The molecule has 1 aromatic carbocycles. The van der Waals surface area contributed by atoms with Gasteiger partial charge in [-0.2, -0.15) is 0 Å². The second-order valence-electron chi connectivity index (χ2n) is 6.84. The summed E-state index contributed by atoms with van der Waals surface area (Å²) in [4.78, 5) is 39.3. The van der Waals surface area contributed by atoms with Crippen LogP contribution in [-0.2, 0) is 20.9 Å². The van der Waals surface area contributed by atoms with E-state index in [1.165, 1.54) is 0 Å². The number of benzene rings is 1. The van der Waals surface area contributed by atoms with E-state index in [0.29, 0.717) is 43.6 Å². The third kappa shape index (κ3) is 7.82. The molecule has 3 rings (SSSR count). The van der Waals surface area contributed by atoms with Gasteiger partial charge < -0.3 is 29.0 Å². The molecule has 1 aliphatic rings. The van der Waals surface area contributed by atoms with Crippen LogP contribution in [-0.4, -0.2) is 83.1 Å². The highest BCUT2D eigenvalue weighted by Gasteiger charge is 2.25. The average Bonchev–Trinajstić information content (AvgIpc) is 3.29. The largest absolute Gasteiger partial charge is 0.484 e. The van der Waals surface area contributed by atoms with E-state index in [0.717, 1.165) is 11.8 Å². The van der Waals surface area contributed by atoms with Crippen LogP contribution in [0.4, 0.5) is 4.79 Å². The van der Waals surface area contributed by atoms with Gasteiger partial charge >= 0.3 is 6.09 Å². The summed E-state index contributed by atoms with van der Waals surface area (Å²) < 4.78 is 15.8. The molecule has 1 fully saturated rings. The van der Waals surface area contributed by atoms with Gasteiger partial charge in [0.1, 0.15) is 5.75 Å². The maximum atomic E-state index is 12.4. The Morgan fingerprint density at radius 2 is 1.82 bits per heavy atom. The molecule has 33 heavy (non-hydrogen) atoms. The molecule has 2 aromatic rings. The van der Waals surface area contributed by atoms with Crippen molar-refractivity contribution in [1.29, 1.82) is 0 Å². The Bertz CT molecular complexity index is 949. The van der Waals surface area contributed by atoms with Crippen LogP contribution < -0.4 is 10.1 Å². The highest BCUT2D eigenvalue weighted by molar-refractivity contribution is 7.99. The molecule has 0 aliphatic carbocycles. The number of nitrogens with zero attached hydrogens (tertiary/aromatic N) is 4. The molecule has 0 bridgehead atoms. The fourth-order valence-corrected chi connectivity index (χ4v) is 3.65. The van der Waals surface area contributed by atoms with Crippen molar-refractivity contribution in [1.82, 2.24) is 25.3 Å². The lowest BCUT2D eigenvalue weighted by molar-refractivity contribution is -0.130. The lowest BCUT2D eigenvalue weighted by Gasteiger charge is -2.33. The normalized spacial score (nSPS) is 13.5. The Labute approximate surface area is 199 Å². The van der Waals surface area contributed by atoms with Crippen LogP contribution in [0.25, 0.3) is 0 Å². The van der Waals surface area contributed by atoms with E-state index < -0.39 is 0 Å². The van der Waals surface area contributed by atoms with Crippen molar-refractivity contribution in [3.05, 3.63) is 35.2 Å². The maximum Gasteiger partial charge on any atom is 0.409 e. The molecule has 2 heterocycles. The Balaban J connectivity index is 1.34. The quantitative estimate of drug-likeness (QED) is 0.516. The molecule has 1 N–H and O–H groups in total. The first kappa shape index (κ1) is 24.6. The summed E-state index contributed by atoms with van der Waals surface area (Å²) in [5, 5.41) is 11.2. The minimum Gasteiger partial charge on any atom is -0.484 e. The molecular weight excluding hydrogens is 474 g/mol. The molecular formula is C20H24ClN5O6S. The predicted molar refractivity (Wildman–Crippen MR) is 119 cm³/mol. The third-order valence-electron chi connectivity index (χ3n) is 4.55. The van der Waals surface area contributed by atoms with E-state index in [2.05, 4.69) is 15.5 Å². The van der Waals surface area contributed by atoms with Gasteiger partial charge in [-0.05, 0) is 31.2 Å². The molecule has 0 radical (unpaired) electrons. The van der Waals surface area contributed by atoms with E-state index in [1.54, 1.807) is 41.0 Å². The lowest BCUT2D eigenvalue weighted by atomic mass is 10.3. The molecule has 3 amide bonds. The van der Waals surface area contributed by atoms with Crippen molar-refractivity contribution in [2.24, 2.45) is 0 Å². The van der Waals surface area contributed by atoms with Gasteiger partial charge in [-0.25, -0.2) is 4.79 Å². The highest BCUT2D eigenvalue weighted by atomic mass is 35.5. The number of hydrogen-bond acceptors (Lipinski definition) is 9. The Morgan fingerprint density at radius 3 is 2.52 bits per heavy atom. The minimum absolute atomic E-state index is 0.0418. The molecule has 178 valence electrons. The number of rotatable bonds is 9. The summed E-state index contributed by atoms with van der Waals surface area (Å²) in [5.74, 6) is 0.429. The average molecular weight is 498 g/mol. The van der Waals surface area contributed by atoms with Gasteiger partial charge in [0, 0.05) is 31.2 Å². The number of halogens is 1. The smallest absolute Gasteiger partial charge is 0.409 e. The van der Waals surface area contributed by atoms with Crippen LogP contribution >= 0.6 is 23.4 Å². The lowest BCUT2D eigenvalue weighted by Crippen LogP contribution is -2.51. The molecule has 0 saturated carbocycles. The maximum absolute atomic E-state index is 12.4. The number of ether oxygens (including phenoxy) is 2. The molecule has 1 saturated heterocycles. The second-order valence-corrected chi connectivity index (χ2v) is 8.20. The molecule has 11 nitrogen and oxygen atoms in total. The number of thioether (sulfide) groups is 1. The van der Waals surface area contributed by atoms with Crippen LogP contribution in [0, 0.1) is 0 Å². The number of aromatic nitrogens is 2. The summed E-state index contributed by atoms with van der Waals surface area (Å²) in [6.45, 7) is 3.69. The Morgan fingerprint density at radius 1 is 1.12 bits per heavy atom.